The van der Waals surface area contributed by atoms with Gasteiger partial charge in [-0.1, -0.05) is 0 Å². The van der Waals surface area contributed by atoms with Crippen LogP contribution in [0.3, 0.4) is 0 Å². The lowest BCUT2D eigenvalue weighted by Gasteiger charge is -2.04. The fourth-order valence-electron chi connectivity index (χ4n) is 1.40. The highest BCUT2D eigenvalue weighted by molar-refractivity contribution is 6.16. The van der Waals surface area contributed by atoms with E-state index in [1.165, 1.54) is 0 Å². The van der Waals surface area contributed by atoms with Gasteiger partial charge in [-0.3, -0.25) is 0 Å². The molecule has 2 rings (SSSR count). The largest absolute Gasteiger partial charge is 0.236 e. The van der Waals surface area contributed by atoms with Gasteiger partial charge in [0, 0.05) is 17.1 Å². The number of nitrogens with zero attached hydrogens (tertiary/aromatic N) is 2. The normalized spacial score (nSPS) is 10.9. The van der Waals surface area contributed by atoms with Crippen LogP contribution in [0, 0.1) is 18.6 Å². The van der Waals surface area contributed by atoms with Crippen LogP contribution in [0.2, 0.25) is 0 Å². The van der Waals surface area contributed by atoms with Crippen molar-refractivity contribution in [1.29, 1.82) is 0 Å². The van der Waals surface area contributed by atoms with Crippen LogP contribution in [0.15, 0.2) is 12.1 Å². The molecule has 78 valence electrons. The molecule has 1 aromatic carbocycles. The maximum Gasteiger partial charge on any atom is 0.161 e. The third-order valence-corrected chi connectivity index (χ3v) is 2.33. The molecule has 2 aromatic rings. The van der Waals surface area contributed by atoms with E-state index in [9.17, 15) is 8.78 Å². The molecule has 1 aromatic heterocycles. The molecule has 0 saturated heterocycles. The number of hydrogen-bond donors (Lipinski definition) is 0. The van der Waals surface area contributed by atoms with Crippen molar-refractivity contribution in [3.63, 3.8) is 0 Å². The first-order valence-electron chi connectivity index (χ1n) is 4.30. The molecule has 0 aliphatic carbocycles. The first kappa shape index (κ1) is 10.2. The molecule has 2 nitrogen and oxygen atoms in total. The van der Waals surface area contributed by atoms with Gasteiger partial charge in [-0.15, -0.1) is 11.6 Å². The number of halogens is 3. The monoisotopic (exact) mass is 228 g/mol. The van der Waals surface area contributed by atoms with Gasteiger partial charge in [0.05, 0.1) is 11.4 Å². The molecule has 0 atom stereocenters. The Bertz CT molecular complexity index is 528. The molecular formula is C10H7ClF2N2. The van der Waals surface area contributed by atoms with Crippen molar-refractivity contribution < 1.29 is 8.78 Å². The minimum absolute atomic E-state index is 0.149. The summed E-state index contributed by atoms with van der Waals surface area (Å²) in [5, 5.41) is 0.503. The van der Waals surface area contributed by atoms with Crippen LogP contribution >= 0.6 is 11.6 Å². The Labute approximate surface area is 89.9 Å². The highest BCUT2D eigenvalue weighted by atomic mass is 35.5. The molecule has 5 heteroatoms. The van der Waals surface area contributed by atoms with Gasteiger partial charge < -0.3 is 0 Å². The van der Waals surface area contributed by atoms with E-state index >= 15 is 0 Å². The van der Waals surface area contributed by atoms with Gasteiger partial charge in [-0.2, -0.15) is 0 Å². The maximum atomic E-state index is 13.0. The van der Waals surface area contributed by atoms with E-state index in [0.717, 1.165) is 12.1 Å². The predicted octanol–water partition coefficient (Wildman–Crippen LogP) is 2.96. The Morgan fingerprint density at radius 2 is 1.87 bits per heavy atom. The molecule has 0 fully saturated rings. The van der Waals surface area contributed by atoms with Crippen molar-refractivity contribution in [3.05, 3.63) is 35.3 Å². The van der Waals surface area contributed by atoms with E-state index in [-0.39, 0.29) is 5.88 Å². The lowest BCUT2D eigenvalue weighted by atomic mass is 10.2. The average molecular weight is 229 g/mol. The van der Waals surface area contributed by atoms with Crippen LogP contribution in [-0.2, 0) is 5.88 Å². The highest BCUT2D eigenvalue weighted by Crippen LogP contribution is 2.19. The quantitative estimate of drug-likeness (QED) is 0.702. The van der Waals surface area contributed by atoms with Gasteiger partial charge in [0.2, 0.25) is 0 Å². The SMILES string of the molecule is Cc1nc(CCl)nc2cc(F)c(F)cc12. The standard InChI is InChI=1S/C10H7ClF2N2/c1-5-6-2-7(12)8(13)3-9(6)15-10(4-11)14-5/h2-3H,4H2,1H3. The van der Waals surface area contributed by atoms with Crippen LogP contribution < -0.4 is 0 Å². The van der Waals surface area contributed by atoms with E-state index in [4.69, 9.17) is 11.6 Å². The smallest absolute Gasteiger partial charge is 0.161 e. The van der Waals surface area contributed by atoms with Crippen LogP contribution in [0.4, 0.5) is 8.78 Å². The summed E-state index contributed by atoms with van der Waals surface area (Å²) in [4.78, 5) is 8.07. The van der Waals surface area contributed by atoms with Crippen LogP contribution in [0.1, 0.15) is 11.5 Å². The van der Waals surface area contributed by atoms with Gasteiger partial charge in [0.25, 0.3) is 0 Å². The molecule has 0 bridgehead atoms. The Hall–Kier alpha value is -1.29. The zero-order valence-electron chi connectivity index (χ0n) is 7.89. The molecule has 15 heavy (non-hydrogen) atoms. The minimum atomic E-state index is -0.916. The highest BCUT2D eigenvalue weighted by Gasteiger charge is 2.09. The number of hydrogen-bond acceptors (Lipinski definition) is 2. The van der Waals surface area contributed by atoms with Crippen molar-refractivity contribution >= 4 is 22.5 Å². The van der Waals surface area contributed by atoms with Crippen molar-refractivity contribution in [3.8, 4) is 0 Å². The Balaban J connectivity index is 2.80. The molecule has 1 heterocycles. The summed E-state index contributed by atoms with van der Waals surface area (Å²) in [6.45, 7) is 1.71. The molecule has 0 aliphatic heterocycles. The Kier molecular flexibility index (Phi) is 2.52. The number of aryl methyl sites for hydroxylation is 1. The van der Waals surface area contributed by atoms with Crippen LogP contribution in [0.25, 0.3) is 10.9 Å². The van der Waals surface area contributed by atoms with E-state index < -0.39 is 11.6 Å². The lowest BCUT2D eigenvalue weighted by molar-refractivity contribution is 0.510. The molecule has 0 radical (unpaired) electrons. The van der Waals surface area contributed by atoms with Crippen molar-refractivity contribution in [2.24, 2.45) is 0 Å². The lowest BCUT2D eigenvalue weighted by Crippen LogP contribution is -1.97. The van der Waals surface area contributed by atoms with Crippen molar-refractivity contribution in [2.45, 2.75) is 12.8 Å². The molecule has 0 aliphatic rings. The number of aromatic nitrogens is 2. The van der Waals surface area contributed by atoms with Gasteiger partial charge in [-0.25, -0.2) is 18.7 Å². The molecule has 0 unspecified atom stereocenters. The van der Waals surface area contributed by atoms with Gasteiger partial charge in [0.1, 0.15) is 5.82 Å². The summed E-state index contributed by atoms with van der Waals surface area (Å²) in [6, 6.07) is 2.15. The summed E-state index contributed by atoms with van der Waals surface area (Å²) in [6.07, 6.45) is 0. The first-order valence-corrected chi connectivity index (χ1v) is 4.83. The third kappa shape index (κ3) is 1.77. The number of rotatable bonds is 1. The molecule has 0 saturated carbocycles. The summed E-state index contributed by atoms with van der Waals surface area (Å²) in [5.41, 5.74) is 0.964. The Morgan fingerprint density at radius 1 is 1.20 bits per heavy atom. The van der Waals surface area contributed by atoms with E-state index in [0.29, 0.717) is 22.4 Å². The minimum Gasteiger partial charge on any atom is -0.236 e. The molecular weight excluding hydrogens is 222 g/mol. The van der Waals surface area contributed by atoms with Crippen molar-refractivity contribution in [2.75, 3.05) is 0 Å². The maximum absolute atomic E-state index is 13.0. The molecule has 0 spiro atoms. The zero-order chi connectivity index (χ0) is 11.0. The van der Waals surface area contributed by atoms with E-state index in [1.807, 2.05) is 0 Å². The summed E-state index contributed by atoms with van der Waals surface area (Å²) in [7, 11) is 0. The second-order valence-electron chi connectivity index (χ2n) is 3.14. The fourth-order valence-corrected chi connectivity index (χ4v) is 1.52. The topological polar surface area (TPSA) is 25.8 Å². The number of alkyl halides is 1. The number of benzene rings is 1. The second-order valence-corrected chi connectivity index (χ2v) is 3.41. The van der Waals surface area contributed by atoms with E-state index in [1.54, 1.807) is 6.92 Å². The summed E-state index contributed by atoms with van der Waals surface area (Å²) in [5.74, 6) is -1.25. The zero-order valence-corrected chi connectivity index (χ0v) is 8.65. The number of fused-ring (bicyclic) bond motifs is 1. The van der Waals surface area contributed by atoms with Gasteiger partial charge in [-0.05, 0) is 13.0 Å². The van der Waals surface area contributed by atoms with Gasteiger partial charge in [0.15, 0.2) is 11.6 Å². The third-order valence-electron chi connectivity index (χ3n) is 2.09. The fraction of sp³-hybridized carbons (Fsp3) is 0.200. The van der Waals surface area contributed by atoms with Crippen molar-refractivity contribution in [1.82, 2.24) is 9.97 Å². The predicted molar refractivity (Wildman–Crippen MR) is 53.7 cm³/mol. The second kappa shape index (κ2) is 3.70. The van der Waals surface area contributed by atoms with Crippen LogP contribution in [0.5, 0.6) is 0 Å². The van der Waals surface area contributed by atoms with E-state index in [2.05, 4.69) is 9.97 Å². The Morgan fingerprint density at radius 3 is 2.53 bits per heavy atom. The summed E-state index contributed by atoms with van der Waals surface area (Å²) < 4.78 is 25.9. The molecule has 0 amide bonds. The van der Waals surface area contributed by atoms with Gasteiger partial charge >= 0.3 is 0 Å². The average Bonchev–Trinajstić information content (AvgIpc) is 2.21. The van der Waals surface area contributed by atoms with Crippen LogP contribution in [-0.4, -0.2) is 9.97 Å². The molecule has 0 N–H and O–H groups in total. The summed E-state index contributed by atoms with van der Waals surface area (Å²) >= 11 is 5.58. The first-order chi connectivity index (χ1) is 7.11.